The van der Waals surface area contributed by atoms with E-state index in [0.29, 0.717) is 11.3 Å². The fraction of sp³-hybridized carbons (Fsp3) is 0.333. The molecular formula is C12H16N2O5. The number of nitrogens with two attached hydrogens (primary N) is 1. The van der Waals surface area contributed by atoms with Crippen molar-refractivity contribution in [1.82, 2.24) is 5.32 Å². The minimum Gasteiger partial charge on any atom is -0.508 e. The molecule has 0 aliphatic carbocycles. The smallest absolute Gasteiger partial charge is 0.320 e. The Morgan fingerprint density at radius 1 is 1.32 bits per heavy atom. The fourth-order valence-electron chi connectivity index (χ4n) is 1.56. The van der Waals surface area contributed by atoms with Gasteiger partial charge in [-0.3, -0.25) is 9.59 Å². The summed E-state index contributed by atoms with van der Waals surface area (Å²) in [6.45, 7) is 0.0907. The number of rotatable bonds is 7. The van der Waals surface area contributed by atoms with E-state index in [2.05, 4.69) is 5.32 Å². The number of phenols is 1. The van der Waals surface area contributed by atoms with Gasteiger partial charge in [0.2, 0.25) is 0 Å². The number of carbonyl (C=O) groups is 2. The van der Waals surface area contributed by atoms with Crippen molar-refractivity contribution in [2.45, 2.75) is 25.4 Å². The number of phenolic OH excluding ortho intramolecular Hbond substituents is 1. The molecule has 6 N–H and O–H groups in total. The zero-order chi connectivity index (χ0) is 14.4. The predicted octanol–water partition coefficient (Wildman–Crippen LogP) is 0.382. The molecule has 19 heavy (non-hydrogen) atoms. The van der Waals surface area contributed by atoms with Crippen LogP contribution in [0.5, 0.6) is 5.75 Å². The van der Waals surface area contributed by atoms with Crippen molar-refractivity contribution in [2.75, 3.05) is 5.73 Å². The molecule has 0 aliphatic heterocycles. The SMILES string of the molecule is Nc1ccc(O)c(CN[C@@H](CCC(=O)O)C(=O)O)c1. The van der Waals surface area contributed by atoms with Crippen molar-refractivity contribution in [3.8, 4) is 5.75 Å². The summed E-state index contributed by atoms with van der Waals surface area (Å²) in [6.07, 6.45) is -0.277. The number of aromatic hydroxyl groups is 1. The molecule has 0 heterocycles. The Hall–Kier alpha value is -2.28. The zero-order valence-corrected chi connectivity index (χ0v) is 10.2. The molecule has 1 atom stereocenters. The van der Waals surface area contributed by atoms with Gasteiger partial charge in [-0.2, -0.15) is 0 Å². The van der Waals surface area contributed by atoms with Crippen molar-refractivity contribution in [2.24, 2.45) is 0 Å². The van der Waals surface area contributed by atoms with Crippen LogP contribution in [0.3, 0.4) is 0 Å². The molecule has 0 amide bonds. The van der Waals surface area contributed by atoms with Gasteiger partial charge in [0.05, 0.1) is 0 Å². The third kappa shape index (κ3) is 4.84. The number of benzene rings is 1. The van der Waals surface area contributed by atoms with E-state index in [0.717, 1.165) is 0 Å². The molecule has 0 saturated heterocycles. The normalized spacial score (nSPS) is 12.0. The zero-order valence-electron chi connectivity index (χ0n) is 10.2. The molecule has 0 fully saturated rings. The molecule has 0 unspecified atom stereocenters. The van der Waals surface area contributed by atoms with Gasteiger partial charge in [0, 0.05) is 24.2 Å². The van der Waals surface area contributed by atoms with E-state index < -0.39 is 18.0 Å². The number of carboxylic acids is 2. The molecule has 1 aromatic carbocycles. The van der Waals surface area contributed by atoms with Crippen molar-refractivity contribution >= 4 is 17.6 Å². The van der Waals surface area contributed by atoms with Crippen LogP contribution in [0, 0.1) is 0 Å². The third-order valence-electron chi connectivity index (χ3n) is 2.59. The lowest BCUT2D eigenvalue weighted by molar-refractivity contribution is -0.140. The second-order valence-corrected chi connectivity index (χ2v) is 4.09. The van der Waals surface area contributed by atoms with Crippen molar-refractivity contribution in [1.29, 1.82) is 0 Å². The van der Waals surface area contributed by atoms with Crippen LogP contribution in [0.2, 0.25) is 0 Å². The van der Waals surface area contributed by atoms with E-state index >= 15 is 0 Å². The van der Waals surface area contributed by atoms with Gasteiger partial charge >= 0.3 is 11.9 Å². The predicted molar refractivity (Wildman–Crippen MR) is 67.7 cm³/mol. The lowest BCUT2D eigenvalue weighted by Crippen LogP contribution is -2.36. The van der Waals surface area contributed by atoms with Crippen molar-refractivity contribution in [3.05, 3.63) is 23.8 Å². The van der Waals surface area contributed by atoms with Crippen LogP contribution in [0.1, 0.15) is 18.4 Å². The minimum absolute atomic E-state index is 0.00377. The Morgan fingerprint density at radius 2 is 2.00 bits per heavy atom. The molecule has 7 nitrogen and oxygen atoms in total. The highest BCUT2D eigenvalue weighted by Gasteiger charge is 2.18. The van der Waals surface area contributed by atoms with Gasteiger partial charge in [-0.1, -0.05) is 0 Å². The Balaban J connectivity index is 2.63. The summed E-state index contributed by atoms with van der Waals surface area (Å²) in [5, 5.41) is 29.7. The minimum atomic E-state index is -1.13. The molecule has 0 saturated carbocycles. The second-order valence-electron chi connectivity index (χ2n) is 4.09. The number of aliphatic carboxylic acids is 2. The first-order valence-corrected chi connectivity index (χ1v) is 5.65. The first-order chi connectivity index (χ1) is 8.90. The Morgan fingerprint density at radius 3 is 2.58 bits per heavy atom. The topological polar surface area (TPSA) is 133 Å². The summed E-state index contributed by atoms with van der Waals surface area (Å²) < 4.78 is 0. The van der Waals surface area contributed by atoms with E-state index in [9.17, 15) is 14.7 Å². The maximum Gasteiger partial charge on any atom is 0.320 e. The summed E-state index contributed by atoms with van der Waals surface area (Å²) in [4.78, 5) is 21.4. The molecule has 7 heteroatoms. The summed E-state index contributed by atoms with van der Waals surface area (Å²) in [6, 6.07) is 3.48. The highest BCUT2D eigenvalue weighted by atomic mass is 16.4. The van der Waals surface area contributed by atoms with Gasteiger partial charge in [0.1, 0.15) is 11.8 Å². The summed E-state index contributed by atoms with van der Waals surface area (Å²) in [5.74, 6) is -2.19. The molecule has 0 spiro atoms. The van der Waals surface area contributed by atoms with Crippen molar-refractivity contribution < 1.29 is 24.9 Å². The van der Waals surface area contributed by atoms with E-state index in [-0.39, 0.29) is 25.1 Å². The van der Waals surface area contributed by atoms with Gasteiger partial charge in [-0.25, -0.2) is 0 Å². The molecule has 0 radical (unpaired) electrons. The van der Waals surface area contributed by atoms with Crippen molar-refractivity contribution in [3.63, 3.8) is 0 Å². The summed E-state index contributed by atoms with van der Waals surface area (Å²) >= 11 is 0. The lowest BCUT2D eigenvalue weighted by Gasteiger charge is -2.14. The number of carboxylic acid groups (broad SMARTS) is 2. The van der Waals surface area contributed by atoms with Crippen LogP contribution in [0.4, 0.5) is 5.69 Å². The van der Waals surface area contributed by atoms with Gasteiger partial charge in [0.25, 0.3) is 0 Å². The van der Waals surface area contributed by atoms with Gasteiger partial charge in [-0.05, 0) is 24.6 Å². The monoisotopic (exact) mass is 268 g/mol. The molecule has 1 aromatic rings. The van der Waals surface area contributed by atoms with E-state index in [1.165, 1.54) is 18.2 Å². The van der Waals surface area contributed by atoms with Crippen LogP contribution in [-0.4, -0.2) is 33.3 Å². The Bertz CT molecular complexity index is 475. The van der Waals surface area contributed by atoms with E-state index in [4.69, 9.17) is 15.9 Å². The number of anilines is 1. The Kier molecular flexibility index (Phi) is 5.13. The molecule has 0 aliphatic rings. The fourth-order valence-corrected chi connectivity index (χ4v) is 1.56. The quantitative estimate of drug-likeness (QED) is 0.356. The number of hydrogen-bond acceptors (Lipinski definition) is 5. The van der Waals surface area contributed by atoms with Crippen LogP contribution < -0.4 is 11.1 Å². The van der Waals surface area contributed by atoms with Gasteiger partial charge in [0.15, 0.2) is 0 Å². The van der Waals surface area contributed by atoms with Crippen LogP contribution in [-0.2, 0) is 16.1 Å². The van der Waals surface area contributed by atoms with Gasteiger partial charge < -0.3 is 26.4 Å². The molecule has 1 rings (SSSR count). The molecular weight excluding hydrogens is 252 g/mol. The Labute approximate surface area is 109 Å². The third-order valence-corrected chi connectivity index (χ3v) is 2.59. The first-order valence-electron chi connectivity index (χ1n) is 5.65. The van der Waals surface area contributed by atoms with Crippen LogP contribution in [0.15, 0.2) is 18.2 Å². The largest absolute Gasteiger partial charge is 0.508 e. The first kappa shape index (κ1) is 14.8. The molecule has 104 valence electrons. The van der Waals surface area contributed by atoms with E-state index in [1.807, 2.05) is 0 Å². The second kappa shape index (κ2) is 6.60. The molecule has 0 aromatic heterocycles. The summed E-state index contributed by atoms with van der Waals surface area (Å²) in [5.41, 5.74) is 6.47. The van der Waals surface area contributed by atoms with Crippen LogP contribution in [0.25, 0.3) is 0 Å². The van der Waals surface area contributed by atoms with Crippen LogP contribution >= 0.6 is 0 Å². The average Bonchev–Trinajstić information content (AvgIpc) is 2.32. The number of hydrogen-bond donors (Lipinski definition) is 5. The summed E-state index contributed by atoms with van der Waals surface area (Å²) in [7, 11) is 0. The standard InChI is InChI=1S/C12H16N2O5/c13-8-1-3-10(15)7(5-8)6-14-9(12(18)19)2-4-11(16)17/h1,3,5,9,14-15H,2,4,6,13H2,(H,16,17)(H,18,19)/t9-/m0/s1. The number of nitrogen functional groups attached to an aromatic ring is 1. The maximum absolute atomic E-state index is 10.9. The lowest BCUT2D eigenvalue weighted by atomic mass is 10.1. The highest BCUT2D eigenvalue weighted by Crippen LogP contribution is 2.19. The number of nitrogens with one attached hydrogen (secondary N) is 1. The maximum atomic E-state index is 10.9. The van der Waals surface area contributed by atoms with Gasteiger partial charge in [-0.15, -0.1) is 0 Å². The molecule has 0 bridgehead atoms. The van der Waals surface area contributed by atoms with E-state index in [1.54, 1.807) is 0 Å². The highest BCUT2D eigenvalue weighted by molar-refractivity contribution is 5.75. The average molecular weight is 268 g/mol.